The van der Waals surface area contributed by atoms with Crippen LogP contribution >= 0.6 is 0 Å². The van der Waals surface area contributed by atoms with Gasteiger partial charge in [-0.25, -0.2) is 16.8 Å². The summed E-state index contributed by atoms with van der Waals surface area (Å²) >= 11 is 0. The predicted octanol–water partition coefficient (Wildman–Crippen LogP) is 9.44. The van der Waals surface area contributed by atoms with Crippen molar-refractivity contribution in [3.63, 3.8) is 0 Å². The Hall–Kier alpha value is -0.472. The van der Waals surface area contributed by atoms with Crippen molar-refractivity contribution in [2.75, 3.05) is 13.2 Å². The molecule has 8 heteroatoms. The predicted molar refractivity (Wildman–Crippen MR) is 188 cm³/mol. The normalized spacial score (nSPS) is 16.3. The van der Waals surface area contributed by atoms with E-state index in [9.17, 15) is 0 Å². The van der Waals surface area contributed by atoms with E-state index in [4.69, 9.17) is 14.9 Å². The first kappa shape index (κ1) is 43.7. The molecule has 1 aromatic heterocycles. The zero-order chi connectivity index (χ0) is 30.9. The zero-order valence-electron chi connectivity index (χ0n) is 29.4. The van der Waals surface area contributed by atoms with E-state index in [1.807, 2.05) is 0 Å². The van der Waals surface area contributed by atoms with Gasteiger partial charge in [0.25, 0.3) is 6.17 Å². The van der Waals surface area contributed by atoms with Crippen molar-refractivity contribution in [3.05, 3.63) is 67.8 Å². The van der Waals surface area contributed by atoms with Crippen LogP contribution in [0.15, 0.2) is 35.4 Å². The molecule has 2 aliphatic heterocycles. The summed E-state index contributed by atoms with van der Waals surface area (Å²) in [5.74, 6) is 0.269. The second kappa shape index (κ2) is 19.1. The van der Waals surface area contributed by atoms with E-state index >= 15 is 0 Å². The molecular weight excluding hydrogens is 712 g/mol. The molecule has 0 unspecified atom stereocenters. The topological polar surface area (TPSA) is 42.4 Å². The standard InChI is InChI=1S/C21H30N4.C4H8O.2C4H11Si.CH3.Lu/c1-14-12-16(3)24(22-14)20(25-17(4)13-15(2)23-25)19(21(5,6)7)18-10-8-9-11-18;1-2-4-5-3-1;2*1-5(2,3)4;;/h8-12,19-20H,13H2,1-7H3;1-4H2;2*1H2,2-4H3;1H3;/q;;3*-1;+3/t19-,20+;;;;;/m0...../s1. The van der Waals surface area contributed by atoms with Gasteiger partial charge in [-0.05, 0) is 50.2 Å². The Labute approximate surface area is 292 Å². The fraction of sp³-hybridized carbons (Fsp3) is 0.618. The summed E-state index contributed by atoms with van der Waals surface area (Å²) in [6.07, 6.45) is 3.53. The fourth-order valence-electron chi connectivity index (χ4n) is 4.57. The SMILES string of the molecule is C1CCOC1.CC1=N[N+]([C@H]([C@H](c2ccc[cH-]2)C(C)(C)C)n2nc(C)cc2C)=C(C)C1.[CH2-][Si](C)(C)C.[CH2-][Si](C)(C)C.[CH3-].[Lu+3]. The van der Waals surface area contributed by atoms with Crippen LogP contribution in [0.4, 0.5) is 0 Å². The molecule has 0 saturated carbocycles. The Balaban J connectivity index is 0. The van der Waals surface area contributed by atoms with E-state index in [0.29, 0.717) is 0 Å². The summed E-state index contributed by atoms with van der Waals surface area (Å²) in [5.41, 5.74) is 6.09. The van der Waals surface area contributed by atoms with Gasteiger partial charge in [0, 0.05) is 25.8 Å². The average Bonchev–Trinajstić information content (AvgIpc) is 3.53. The monoisotopic (exact) mass is 774 g/mol. The number of aryl methyl sites for hydroxylation is 2. The largest absolute Gasteiger partial charge is 3.00 e. The molecule has 5 nitrogen and oxygen atoms in total. The zero-order valence-corrected chi connectivity index (χ0v) is 33.1. The maximum absolute atomic E-state index is 4.94. The first-order chi connectivity index (χ1) is 18.2. The molecular formula is C34H63LuN4OSi2. The number of aromatic nitrogens is 2. The summed E-state index contributed by atoms with van der Waals surface area (Å²) < 4.78 is 9.32. The van der Waals surface area contributed by atoms with Gasteiger partial charge in [-0.2, -0.15) is 22.8 Å². The third-order valence-electron chi connectivity index (χ3n) is 5.83. The Kier molecular flexibility index (Phi) is 19.9. The molecule has 1 fully saturated rings. The van der Waals surface area contributed by atoms with Gasteiger partial charge in [-0.15, -0.1) is 16.1 Å². The Bertz CT molecular complexity index is 1050. The summed E-state index contributed by atoms with van der Waals surface area (Å²) in [7, 11) is -1.72. The van der Waals surface area contributed by atoms with Crippen molar-refractivity contribution < 1.29 is 46.3 Å². The maximum atomic E-state index is 4.94. The molecule has 0 N–H and O–H groups in total. The molecule has 1 aromatic carbocycles. The van der Waals surface area contributed by atoms with Crippen LogP contribution in [0, 0.1) is 76.7 Å². The van der Waals surface area contributed by atoms with E-state index in [2.05, 4.69) is 141 Å². The van der Waals surface area contributed by atoms with Gasteiger partial charge in [0.2, 0.25) is 0 Å². The minimum Gasteiger partial charge on any atom is -0.381 e. The maximum Gasteiger partial charge on any atom is 3.00 e. The molecule has 0 bridgehead atoms. The van der Waals surface area contributed by atoms with Crippen molar-refractivity contribution in [1.82, 2.24) is 9.78 Å². The van der Waals surface area contributed by atoms with Crippen molar-refractivity contribution in [1.29, 1.82) is 0 Å². The van der Waals surface area contributed by atoms with Gasteiger partial charge in [0.05, 0.1) is 23.7 Å². The van der Waals surface area contributed by atoms with Gasteiger partial charge in [0.1, 0.15) is 0 Å². The Morgan fingerprint density at radius 3 is 1.76 bits per heavy atom. The number of hydrogen-bond donors (Lipinski definition) is 0. The van der Waals surface area contributed by atoms with Crippen LogP contribution in [0.2, 0.25) is 39.3 Å². The van der Waals surface area contributed by atoms with Gasteiger partial charge in [-0.1, -0.05) is 64.7 Å². The third kappa shape index (κ3) is 17.7. The second-order valence-corrected chi connectivity index (χ2v) is 25.1. The third-order valence-corrected chi connectivity index (χ3v) is 5.83. The number of rotatable bonds is 4. The number of hydrazone groups is 1. The molecule has 3 heterocycles. The second-order valence-electron chi connectivity index (χ2n) is 14.9. The molecule has 2 aliphatic rings. The quantitative estimate of drug-likeness (QED) is 0.177. The van der Waals surface area contributed by atoms with Crippen LogP contribution < -0.4 is 0 Å². The van der Waals surface area contributed by atoms with Gasteiger partial charge in [-0.3, -0.25) is 0 Å². The molecule has 0 amide bonds. The van der Waals surface area contributed by atoms with E-state index < -0.39 is 16.1 Å². The number of nitrogens with zero attached hydrogens (tertiary/aromatic N) is 4. The van der Waals surface area contributed by atoms with Crippen molar-refractivity contribution >= 4 is 27.6 Å². The fourth-order valence-corrected chi connectivity index (χ4v) is 4.57. The van der Waals surface area contributed by atoms with Crippen molar-refractivity contribution in [2.45, 2.75) is 119 Å². The molecule has 2 atom stereocenters. The number of ether oxygens (including phenoxy) is 1. The Morgan fingerprint density at radius 1 is 0.976 bits per heavy atom. The van der Waals surface area contributed by atoms with Crippen LogP contribution in [0.25, 0.3) is 0 Å². The smallest absolute Gasteiger partial charge is 0.381 e. The molecule has 0 radical (unpaired) electrons. The van der Waals surface area contributed by atoms with Gasteiger partial charge in [0.15, 0.2) is 5.71 Å². The van der Waals surface area contributed by atoms with Gasteiger partial charge < -0.3 is 25.3 Å². The van der Waals surface area contributed by atoms with E-state index in [-0.39, 0.29) is 61.8 Å². The summed E-state index contributed by atoms with van der Waals surface area (Å²) in [6.45, 7) is 38.5. The van der Waals surface area contributed by atoms with Crippen LogP contribution in [0.3, 0.4) is 0 Å². The summed E-state index contributed by atoms with van der Waals surface area (Å²) in [4.78, 5) is 0. The number of hydrogen-bond acceptors (Lipinski definition) is 3. The van der Waals surface area contributed by atoms with Crippen LogP contribution in [0.5, 0.6) is 0 Å². The van der Waals surface area contributed by atoms with Crippen LogP contribution in [-0.2, 0) is 4.74 Å². The minimum absolute atomic E-state index is 0. The molecule has 42 heavy (non-hydrogen) atoms. The molecule has 0 aliphatic carbocycles. The Morgan fingerprint density at radius 2 is 1.48 bits per heavy atom. The first-order valence-corrected chi connectivity index (χ1v) is 22.3. The minimum atomic E-state index is -0.861. The molecule has 1 saturated heterocycles. The first-order valence-electron chi connectivity index (χ1n) is 14.9. The molecule has 4 rings (SSSR count). The van der Waals surface area contributed by atoms with Crippen molar-refractivity contribution in [3.8, 4) is 0 Å². The van der Waals surface area contributed by atoms with Crippen LogP contribution in [-0.4, -0.2) is 55.2 Å². The van der Waals surface area contributed by atoms with E-state index in [1.165, 1.54) is 35.5 Å². The summed E-state index contributed by atoms with van der Waals surface area (Å²) in [6, 6.07) is 10.9. The van der Waals surface area contributed by atoms with E-state index in [1.54, 1.807) is 0 Å². The molecule has 0 spiro atoms. The molecule has 248 valence electrons. The van der Waals surface area contributed by atoms with Crippen molar-refractivity contribution in [2.24, 2.45) is 10.5 Å². The van der Waals surface area contributed by atoms with E-state index in [0.717, 1.165) is 25.3 Å². The van der Waals surface area contributed by atoms with Crippen LogP contribution in [0.1, 0.15) is 82.9 Å². The van der Waals surface area contributed by atoms with Gasteiger partial charge >= 0.3 is 36.9 Å². The molecule has 2 aromatic rings. The average molecular weight is 775 g/mol. The summed E-state index contributed by atoms with van der Waals surface area (Å²) in [5, 5.41) is 9.74.